The van der Waals surface area contributed by atoms with Crippen molar-refractivity contribution < 1.29 is 28.5 Å². The van der Waals surface area contributed by atoms with Gasteiger partial charge in [0.2, 0.25) is 5.78 Å². The highest BCUT2D eigenvalue weighted by atomic mass is 16.5. The second kappa shape index (κ2) is 8.43. The average Bonchev–Trinajstić information content (AvgIpc) is 2.75. The van der Waals surface area contributed by atoms with Crippen molar-refractivity contribution in [1.29, 1.82) is 0 Å². The molecule has 0 N–H and O–H groups in total. The molecule has 3 aromatic rings. The lowest BCUT2D eigenvalue weighted by molar-refractivity contribution is 0.0471. The van der Waals surface area contributed by atoms with Gasteiger partial charge in [0.15, 0.2) is 6.61 Å². The highest BCUT2D eigenvalue weighted by molar-refractivity contribution is 6.03. The molecule has 0 spiro atoms. The Balaban J connectivity index is 1.81. The molecule has 0 saturated heterocycles. The minimum absolute atomic E-state index is 0.256. The summed E-state index contributed by atoms with van der Waals surface area (Å²) in [5.41, 5.74) is 0.534. The second-order valence-corrected chi connectivity index (χ2v) is 5.97. The smallest absolute Gasteiger partial charge is 0.342 e. The van der Waals surface area contributed by atoms with Crippen LogP contribution in [0.25, 0.3) is 10.8 Å². The first-order chi connectivity index (χ1) is 13.6. The fraction of sp³-hybridized carbons (Fsp3) is 0.182. The molecule has 0 heterocycles. The van der Waals surface area contributed by atoms with E-state index in [1.165, 1.54) is 21.3 Å². The molecule has 0 fully saturated rings. The first-order valence-electron chi connectivity index (χ1n) is 8.56. The van der Waals surface area contributed by atoms with Gasteiger partial charge < -0.3 is 18.9 Å². The summed E-state index contributed by atoms with van der Waals surface area (Å²) in [6.07, 6.45) is 0. The van der Waals surface area contributed by atoms with Gasteiger partial charge in [0, 0.05) is 0 Å². The summed E-state index contributed by atoms with van der Waals surface area (Å²) >= 11 is 0. The Morgan fingerprint density at radius 3 is 2.07 bits per heavy atom. The van der Waals surface area contributed by atoms with Crippen molar-refractivity contribution in [2.75, 3.05) is 27.9 Å². The van der Waals surface area contributed by atoms with Crippen LogP contribution in [0.5, 0.6) is 17.2 Å². The van der Waals surface area contributed by atoms with E-state index in [2.05, 4.69) is 0 Å². The van der Waals surface area contributed by atoms with Gasteiger partial charge in [-0.2, -0.15) is 0 Å². The van der Waals surface area contributed by atoms with Gasteiger partial charge in [-0.05, 0) is 41.1 Å². The standard InChI is InChI=1S/C22H20O6/c1-25-16-8-9-20(26-2)17(12-16)19(23)13-28-22(24)18-10-14-6-4-5-7-15(14)11-21(18)27-3/h4-12H,13H2,1-3H3. The first-order valence-corrected chi connectivity index (χ1v) is 8.56. The van der Waals surface area contributed by atoms with Crippen molar-refractivity contribution in [3.8, 4) is 17.2 Å². The van der Waals surface area contributed by atoms with Gasteiger partial charge in [-0.3, -0.25) is 4.79 Å². The molecule has 6 nitrogen and oxygen atoms in total. The third-order valence-corrected chi connectivity index (χ3v) is 4.33. The van der Waals surface area contributed by atoms with Crippen LogP contribution in [0.2, 0.25) is 0 Å². The zero-order chi connectivity index (χ0) is 20.1. The Morgan fingerprint density at radius 1 is 0.750 bits per heavy atom. The van der Waals surface area contributed by atoms with Crippen LogP contribution in [0.3, 0.4) is 0 Å². The molecule has 0 aromatic heterocycles. The number of benzene rings is 3. The Bertz CT molecular complexity index is 1020. The highest BCUT2D eigenvalue weighted by Crippen LogP contribution is 2.27. The number of rotatable bonds is 7. The molecule has 3 rings (SSSR count). The van der Waals surface area contributed by atoms with Crippen LogP contribution in [0.4, 0.5) is 0 Å². The Kier molecular flexibility index (Phi) is 5.79. The first kappa shape index (κ1) is 19.2. The number of Topliss-reactive ketones (excluding diaryl/α,β-unsaturated/α-hetero) is 1. The third-order valence-electron chi connectivity index (χ3n) is 4.33. The molecular weight excluding hydrogens is 360 g/mol. The summed E-state index contributed by atoms with van der Waals surface area (Å²) in [6, 6.07) is 15.9. The molecule has 28 heavy (non-hydrogen) atoms. The zero-order valence-corrected chi connectivity index (χ0v) is 15.9. The third kappa shape index (κ3) is 3.91. The van der Waals surface area contributed by atoms with Gasteiger partial charge in [0.1, 0.15) is 22.8 Å². The summed E-state index contributed by atoms with van der Waals surface area (Å²) in [6.45, 7) is -0.432. The predicted octanol–water partition coefficient (Wildman–Crippen LogP) is 3.91. The molecule has 0 radical (unpaired) electrons. The molecule has 0 amide bonds. The maximum atomic E-state index is 12.6. The molecule has 144 valence electrons. The average molecular weight is 380 g/mol. The normalized spacial score (nSPS) is 10.4. The maximum Gasteiger partial charge on any atom is 0.342 e. The number of carbonyl (C=O) groups is 2. The number of fused-ring (bicyclic) bond motifs is 1. The minimum Gasteiger partial charge on any atom is -0.497 e. The highest BCUT2D eigenvalue weighted by Gasteiger charge is 2.19. The lowest BCUT2D eigenvalue weighted by Crippen LogP contribution is -2.15. The van der Waals surface area contributed by atoms with Crippen molar-refractivity contribution in [3.63, 3.8) is 0 Å². The number of methoxy groups -OCH3 is 3. The Hall–Kier alpha value is -3.54. The number of ether oxygens (including phenoxy) is 4. The van der Waals surface area contributed by atoms with Gasteiger partial charge in [0.05, 0.1) is 26.9 Å². The molecular formula is C22H20O6. The van der Waals surface area contributed by atoms with E-state index in [4.69, 9.17) is 18.9 Å². The summed E-state index contributed by atoms with van der Waals surface area (Å²) < 4.78 is 20.9. The van der Waals surface area contributed by atoms with Crippen LogP contribution in [-0.2, 0) is 4.74 Å². The molecule has 0 bridgehead atoms. The van der Waals surface area contributed by atoms with Crippen molar-refractivity contribution in [2.45, 2.75) is 0 Å². The topological polar surface area (TPSA) is 71.1 Å². The largest absolute Gasteiger partial charge is 0.497 e. The van der Waals surface area contributed by atoms with Crippen molar-refractivity contribution in [1.82, 2.24) is 0 Å². The van der Waals surface area contributed by atoms with E-state index < -0.39 is 18.4 Å². The SMILES string of the molecule is COc1ccc(OC)c(C(=O)COC(=O)c2cc3ccccc3cc2OC)c1. The lowest BCUT2D eigenvalue weighted by Gasteiger charge is -2.12. The molecule has 0 unspecified atom stereocenters. The summed E-state index contributed by atoms with van der Waals surface area (Å²) in [4.78, 5) is 25.1. The van der Waals surface area contributed by atoms with Crippen LogP contribution < -0.4 is 14.2 Å². The van der Waals surface area contributed by atoms with Crippen LogP contribution in [0.1, 0.15) is 20.7 Å². The molecule has 0 aliphatic rings. The van der Waals surface area contributed by atoms with E-state index in [-0.39, 0.29) is 11.1 Å². The maximum absolute atomic E-state index is 12.6. The van der Waals surface area contributed by atoms with E-state index in [0.717, 1.165) is 10.8 Å². The van der Waals surface area contributed by atoms with Crippen molar-refractivity contribution in [3.05, 3.63) is 65.7 Å². The van der Waals surface area contributed by atoms with Crippen molar-refractivity contribution in [2.24, 2.45) is 0 Å². The number of ketones is 1. The van der Waals surface area contributed by atoms with E-state index in [0.29, 0.717) is 17.2 Å². The van der Waals surface area contributed by atoms with E-state index in [9.17, 15) is 9.59 Å². The van der Waals surface area contributed by atoms with Crippen LogP contribution in [0.15, 0.2) is 54.6 Å². The molecule has 0 atom stereocenters. The van der Waals surface area contributed by atoms with E-state index in [1.807, 2.05) is 24.3 Å². The van der Waals surface area contributed by atoms with Crippen molar-refractivity contribution >= 4 is 22.5 Å². The second-order valence-electron chi connectivity index (χ2n) is 5.97. The molecule has 3 aromatic carbocycles. The van der Waals surface area contributed by atoms with Crippen LogP contribution in [0, 0.1) is 0 Å². The van der Waals surface area contributed by atoms with Gasteiger partial charge in [0.25, 0.3) is 0 Å². The number of hydrogen-bond donors (Lipinski definition) is 0. The quantitative estimate of drug-likeness (QED) is 0.457. The fourth-order valence-electron chi connectivity index (χ4n) is 2.87. The number of esters is 1. The number of carbonyl (C=O) groups excluding carboxylic acids is 2. The summed E-state index contributed by atoms with van der Waals surface area (Å²) in [5, 5.41) is 1.81. The molecule has 6 heteroatoms. The monoisotopic (exact) mass is 380 g/mol. The van der Waals surface area contributed by atoms with Gasteiger partial charge >= 0.3 is 5.97 Å². The zero-order valence-electron chi connectivity index (χ0n) is 15.9. The molecule has 0 saturated carbocycles. The minimum atomic E-state index is -0.641. The summed E-state index contributed by atoms with van der Waals surface area (Å²) in [5.74, 6) is 0.230. The van der Waals surface area contributed by atoms with Gasteiger partial charge in [-0.25, -0.2) is 4.79 Å². The molecule has 0 aliphatic heterocycles. The van der Waals surface area contributed by atoms with E-state index >= 15 is 0 Å². The fourth-order valence-corrected chi connectivity index (χ4v) is 2.87. The van der Waals surface area contributed by atoms with Crippen LogP contribution >= 0.6 is 0 Å². The summed E-state index contributed by atoms with van der Waals surface area (Å²) in [7, 11) is 4.44. The molecule has 0 aliphatic carbocycles. The Morgan fingerprint density at radius 2 is 1.43 bits per heavy atom. The predicted molar refractivity (Wildman–Crippen MR) is 105 cm³/mol. The van der Waals surface area contributed by atoms with Gasteiger partial charge in [-0.15, -0.1) is 0 Å². The number of hydrogen-bond acceptors (Lipinski definition) is 6. The lowest BCUT2D eigenvalue weighted by atomic mass is 10.1. The Labute approximate surface area is 162 Å². The van der Waals surface area contributed by atoms with Gasteiger partial charge in [-0.1, -0.05) is 24.3 Å². The van der Waals surface area contributed by atoms with E-state index in [1.54, 1.807) is 30.3 Å². The van der Waals surface area contributed by atoms with Crippen LogP contribution in [-0.4, -0.2) is 39.7 Å².